The number of pyridine rings is 1. The predicted molar refractivity (Wildman–Crippen MR) is 85.5 cm³/mol. The molecule has 0 spiro atoms. The van der Waals surface area contributed by atoms with Gasteiger partial charge in [-0.05, 0) is 37.8 Å². The van der Waals surface area contributed by atoms with Gasteiger partial charge in [0, 0.05) is 26.2 Å². The number of carbonyl (C=O) groups excluding carboxylic acids is 1. The molecule has 0 radical (unpaired) electrons. The van der Waals surface area contributed by atoms with Crippen molar-refractivity contribution in [2.24, 2.45) is 0 Å². The van der Waals surface area contributed by atoms with Crippen LogP contribution in [0.5, 0.6) is 0 Å². The second-order valence-electron chi connectivity index (χ2n) is 6.38. The van der Waals surface area contributed by atoms with Crippen LogP contribution in [-0.2, 0) is 6.42 Å². The third-order valence-corrected chi connectivity index (χ3v) is 4.74. The summed E-state index contributed by atoms with van der Waals surface area (Å²) in [5.41, 5.74) is 2.57. The molecule has 6 heteroatoms. The summed E-state index contributed by atoms with van der Waals surface area (Å²) in [4.78, 5) is 21.5. The van der Waals surface area contributed by atoms with Gasteiger partial charge in [-0.3, -0.25) is 4.79 Å². The molecular formula is C17H20N4O2. The highest BCUT2D eigenvalue weighted by Crippen LogP contribution is 2.34. The molecule has 0 saturated carbocycles. The first kappa shape index (κ1) is 14.2. The lowest BCUT2D eigenvalue weighted by Crippen LogP contribution is -2.31. The van der Waals surface area contributed by atoms with Crippen LogP contribution in [0.25, 0.3) is 0 Å². The predicted octanol–water partition coefficient (Wildman–Crippen LogP) is 2.35. The molecule has 0 aromatic carbocycles. The molecule has 1 fully saturated rings. The molecule has 4 heterocycles. The number of rotatable bonds is 2. The highest BCUT2D eigenvalue weighted by Gasteiger charge is 2.34. The van der Waals surface area contributed by atoms with E-state index in [1.165, 1.54) is 5.56 Å². The van der Waals surface area contributed by atoms with Crippen LogP contribution < -0.4 is 4.90 Å². The number of likely N-dealkylation sites (N-methyl/N-ethyl adjacent to an activating group) is 1. The molecule has 1 saturated heterocycles. The van der Waals surface area contributed by atoms with Gasteiger partial charge in [-0.1, -0.05) is 11.2 Å². The molecule has 1 unspecified atom stereocenters. The zero-order chi connectivity index (χ0) is 16.0. The van der Waals surface area contributed by atoms with Crippen molar-refractivity contribution in [1.82, 2.24) is 15.0 Å². The first-order valence-corrected chi connectivity index (χ1v) is 8.09. The zero-order valence-corrected chi connectivity index (χ0v) is 13.5. The number of carbonyl (C=O) groups is 1. The molecule has 1 amide bonds. The van der Waals surface area contributed by atoms with Crippen molar-refractivity contribution in [3.05, 3.63) is 40.9 Å². The first-order valence-electron chi connectivity index (χ1n) is 8.09. The Morgan fingerprint density at radius 3 is 3.00 bits per heavy atom. The van der Waals surface area contributed by atoms with Crippen LogP contribution in [0.4, 0.5) is 5.82 Å². The van der Waals surface area contributed by atoms with Crippen molar-refractivity contribution in [1.29, 1.82) is 0 Å². The number of nitrogens with zero attached hydrogens (tertiary/aromatic N) is 4. The number of anilines is 1. The number of amides is 1. The van der Waals surface area contributed by atoms with Gasteiger partial charge in [0.2, 0.25) is 0 Å². The van der Waals surface area contributed by atoms with Crippen LogP contribution in [0.15, 0.2) is 22.7 Å². The summed E-state index contributed by atoms with van der Waals surface area (Å²) in [5.74, 6) is 1.68. The number of aryl methyl sites for hydroxylation is 1. The van der Waals surface area contributed by atoms with E-state index in [9.17, 15) is 4.79 Å². The monoisotopic (exact) mass is 312 g/mol. The average Bonchev–Trinajstić information content (AvgIpc) is 3.26. The van der Waals surface area contributed by atoms with Crippen molar-refractivity contribution in [2.75, 3.05) is 25.0 Å². The molecule has 0 N–H and O–H groups in total. The molecule has 0 aliphatic carbocycles. The average molecular weight is 312 g/mol. The molecular weight excluding hydrogens is 292 g/mol. The minimum Gasteiger partial charge on any atom is -0.359 e. The van der Waals surface area contributed by atoms with Gasteiger partial charge in [-0.15, -0.1) is 0 Å². The second kappa shape index (κ2) is 5.37. The fourth-order valence-electron chi connectivity index (χ4n) is 3.51. The normalized spacial score (nSPS) is 20.2. The van der Waals surface area contributed by atoms with Gasteiger partial charge in [-0.2, -0.15) is 0 Å². The molecule has 23 heavy (non-hydrogen) atoms. The lowest BCUT2D eigenvalue weighted by Gasteiger charge is -2.22. The number of likely N-dealkylation sites (tertiary alicyclic amines) is 1. The van der Waals surface area contributed by atoms with E-state index >= 15 is 0 Å². The van der Waals surface area contributed by atoms with Crippen molar-refractivity contribution in [3.8, 4) is 0 Å². The summed E-state index contributed by atoms with van der Waals surface area (Å²) in [6, 6.07) is 5.76. The van der Waals surface area contributed by atoms with Crippen LogP contribution in [0.2, 0.25) is 0 Å². The Kier molecular flexibility index (Phi) is 3.32. The SMILES string of the molecule is Cc1cc(C2CCCN2C(=O)c2ccc3c(n2)N(C)CC3)on1. The lowest BCUT2D eigenvalue weighted by molar-refractivity contribution is 0.0708. The summed E-state index contributed by atoms with van der Waals surface area (Å²) in [6.45, 7) is 3.59. The van der Waals surface area contributed by atoms with Crippen LogP contribution >= 0.6 is 0 Å². The summed E-state index contributed by atoms with van der Waals surface area (Å²) in [6.07, 6.45) is 2.88. The Bertz CT molecular complexity index is 755. The second-order valence-corrected chi connectivity index (χ2v) is 6.38. The maximum absolute atomic E-state index is 12.9. The highest BCUT2D eigenvalue weighted by molar-refractivity contribution is 5.93. The van der Waals surface area contributed by atoms with Crippen molar-refractivity contribution >= 4 is 11.7 Å². The molecule has 2 aromatic rings. The van der Waals surface area contributed by atoms with Crippen LogP contribution in [0.1, 0.15) is 46.4 Å². The highest BCUT2D eigenvalue weighted by atomic mass is 16.5. The molecule has 0 bridgehead atoms. The van der Waals surface area contributed by atoms with E-state index < -0.39 is 0 Å². The minimum absolute atomic E-state index is 0.0235. The third-order valence-electron chi connectivity index (χ3n) is 4.74. The van der Waals surface area contributed by atoms with Crippen molar-refractivity contribution in [3.63, 3.8) is 0 Å². The third kappa shape index (κ3) is 2.38. The smallest absolute Gasteiger partial charge is 0.273 e. The lowest BCUT2D eigenvalue weighted by atomic mass is 10.1. The van der Waals surface area contributed by atoms with Crippen molar-refractivity contribution < 1.29 is 9.32 Å². The molecule has 6 nitrogen and oxygen atoms in total. The Labute approximate surface area is 135 Å². The molecule has 120 valence electrons. The van der Waals surface area contributed by atoms with Crippen LogP contribution in [0.3, 0.4) is 0 Å². The standard InChI is InChI=1S/C17H20N4O2/c1-11-10-15(23-19-11)14-4-3-8-21(14)17(22)13-6-5-12-7-9-20(2)16(12)18-13/h5-6,10,14H,3-4,7-9H2,1-2H3. The van der Waals surface area contributed by atoms with E-state index in [1.54, 1.807) is 0 Å². The summed E-state index contributed by atoms with van der Waals surface area (Å²) >= 11 is 0. The van der Waals surface area contributed by atoms with Gasteiger partial charge in [0.1, 0.15) is 11.5 Å². The fourth-order valence-corrected chi connectivity index (χ4v) is 3.51. The van der Waals surface area contributed by atoms with Gasteiger partial charge in [0.25, 0.3) is 5.91 Å². The molecule has 2 aromatic heterocycles. The molecule has 2 aliphatic rings. The van der Waals surface area contributed by atoms with E-state index in [0.717, 1.165) is 49.6 Å². The van der Waals surface area contributed by atoms with Crippen LogP contribution in [0, 0.1) is 6.92 Å². The van der Waals surface area contributed by atoms with E-state index in [4.69, 9.17) is 4.52 Å². The van der Waals surface area contributed by atoms with E-state index in [0.29, 0.717) is 5.69 Å². The maximum atomic E-state index is 12.9. The summed E-state index contributed by atoms with van der Waals surface area (Å²) in [7, 11) is 2.02. The fraction of sp³-hybridized carbons (Fsp3) is 0.471. The topological polar surface area (TPSA) is 62.5 Å². The maximum Gasteiger partial charge on any atom is 0.273 e. The largest absolute Gasteiger partial charge is 0.359 e. The minimum atomic E-state index is -0.0310. The molecule has 4 rings (SSSR count). The van der Waals surface area contributed by atoms with Gasteiger partial charge < -0.3 is 14.3 Å². The van der Waals surface area contributed by atoms with E-state index in [-0.39, 0.29) is 11.9 Å². The van der Waals surface area contributed by atoms with Gasteiger partial charge in [-0.25, -0.2) is 4.98 Å². The van der Waals surface area contributed by atoms with Gasteiger partial charge >= 0.3 is 0 Å². The Hall–Kier alpha value is -2.37. The number of aromatic nitrogens is 2. The van der Waals surface area contributed by atoms with Gasteiger partial charge in [0.15, 0.2) is 5.76 Å². The van der Waals surface area contributed by atoms with E-state index in [1.807, 2.05) is 37.1 Å². The number of hydrogen-bond acceptors (Lipinski definition) is 5. The molecule has 2 aliphatic heterocycles. The van der Waals surface area contributed by atoms with Crippen molar-refractivity contribution in [2.45, 2.75) is 32.2 Å². The van der Waals surface area contributed by atoms with Gasteiger partial charge in [0.05, 0.1) is 11.7 Å². The summed E-state index contributed by atoms with van der Waals surface area (Å²) in [5, 5.41) is 3.95. The van der Waals surface area contributed by atoms with Crippen LogP contribution in [-0.4, -0.2) is 41.1 Å². The summed E-state index contributed by atoms with van der Waals surface area (Å²) < 4.78 is 5.38. The number of hydrogen-bond donors (Lipinski definition) is 0. The number of fused-ring (bicyclic) bond motifs is 1. The quantitative estimate of drug-likeness (QED) is 0.852. The van der Waals surface area contributed by atoms with E-state index in [2.05, 4.69) is 15.0 Å². The zero-order valence-electron chi connectivity index (χ0n) is 13.5. The Balaban J connectivity index is 1.62. The first-order chi connectivity index (χ1) is 11.1. The Morgan fingerprint density at radius 1 is 1.35 bits per heavy atom. The Morgan fingerprint density at radius 2 is 2.22 bits per heavy atom. The molecule has 1 atom stereocenters.